The predicted octanol–water partition coefficient (Wildman–Crippen LogP) is 9.61. The molecule has 4 nitrogen and oxygen atoms in total. The van der Waals surface area contributed by atoms with Gasteiger partial charge in [-0.3, -0.25) is 0 Å². The fourth-order valence-electron chi connectivity index (χ4n) is 4.27. The van der Waals surface area contributed by atoms with Crippen molar-refractivity contribution in [3.8, 4) is 28.4 Å². The van der Waals surface area contributed by atoms with Crippen LogP contribution in [0.1, 0.15) is 88.4 Å². The van der Waals surface area contributed by atoms with Gasteiger partial charge in [0, 0.05) is 0 Å². The van der Waals surface area contributed by atoms with E-state index in [9.17, 15) is 9.18 Å². The van der Waals surface area contributed by atoms with E-state index in [1.807, 2.05) is 48.5 Å². The van der Waals surface area contributed by atoms with E-state index in [4.69, 9.17) is 14.2 Å². The molecule has 39 heavy (non-hydrogen) atoms. The monoisotopic (exact) mass is 534 g/mol. The van der Waals surface area contributed by atoms with Gasteiger partial charge in [-0.25, -0.2) is 9.18 Å². The number of carbonyl (C=O) groups excluding carboxylic acids is 1. The summed E-state index contributed by atoms with van der Waals surface area (Å²) >= 11 is 0. The highest BCUT2D eigenvalue weighted by molar-refractivity contribution is 5.91. The molecule has 0 saturated heterocycles. The average molecular weight is 535 g/mol. The van der Waals surface area contributed by atoms with Crippen molar-refractivity contribution in [3.05, 3.63) is 78.4 Å². The van der Waals surface area contributed by atoms with Gasteiger partial charge in [-0.2, -0.15) is 0 Å². The highest BCUT2D eigenvalue weighted by atomic mass is 19.1. The summed E-state index contributed by atoms with van der Waals surface area (Å²) in [7, 11) is 0. The Morgan fingerprint density at radius 1 is 0.641 bits per heavy atom. The van der Waals surface area contributed by atoms with Crippen LogP contribution in [0.5, 0.6) is 17.2 Å². The minimum absolute atomic E-state index is 0.0832. The predicted molar refractivity (Wildman–Crippen MR) is 157 cm³/mol. The first-order chi connectivity index (χ1) is 19.1. The minimum atomic E-state index is -0.940. The first kappa shape index (κ1) is 30.2. The normalized spacial score (nSPS) is 11.7. The topological polar surface area (TPSA) is 44.8 Å². The highest BCUT2D eigenvalue weighted by Crippen LogP contribution is 2.24. The Balaban J connectivity index is 1.42. The van der Waals surface area contributed by atoms with Gasteiger partial charge in [0.1, 0.15) is 30.0 Å². The van der Waals surface area contributed by atoms with Crippen molar-refractivity contribution in [1.82, 2.24) is 0 Å². The van der Waals surface area contributed by atoms with Crippen molar-refractivity contribution in [1.29, 1.82) is 0 Å². The van der Waals surface area contributed by atoms with E-state index in [2.05, 4.69) is 13.8 Å². The maximum absolute atomic E-state index is 14.2. The van der Waals surface area contributed by atoms with Crippen molar-refractivity contribution in [2.24, 2.45) is 0 Å². The molecule has 0 aliphatic carbocycles. The van der Waals surface area contributed by atoms with Gasteiger partial charge in [-0.15, -0.1) is 0 Å². The van der Waals surface area contributed by atoms with Crippen LogP contribution in [-0.4, -0.2) is 25.4 Å². The Kier molecular flexibility index (Phi) is 13.4. The molecule has 3 rings (SSSR count). The molecule has 1 atom stereocenters. The Bertz CT molecular complexity index is 1080. The highest BCUT2D eigenvalue weighted by Gasteiger charge is 2.10. The van der Waals surface area contributed by atoms with Crippen LogP contribution in [0, 0.1) is 0 Å². The van der Waals surface area contributed by atoms with Crippen LogP contribution in [0.3, 0.4) is 0 Å². The van der Waals surface area contributed by atoms with Crippen molar-refractivity contribution in [2.45, 2.75) is 84.2 Å². The Labute approximate surface area is 233 Å². The Morgan fingerprint density at radius 3 is 1.82 bits per heavy atom. The van der Waals surface area contributed by atoms with Crippen LogP contribution in [0.15, 0.2) is 72.8 Å². The minimum Gasteiger partial charge on any atom is -0.494 e. The molecule has 0 radical (unpaired) electrons. The molecule has 3 aromatic carbocycles. The number of rotatable bonds is 18. The molecule has 3 aromatic rings. The summed E-state index contributed by atoms with van der Waals surface area (Å²) in [5.41, 5.74) is 2.42. The molecule has 0 aliphatic rings. The molecule has 0 aliphatic heterocycles. The van der Waals surface area contributed by atoms with Gasteiger partial charge in [-0.05, 0) is 72.5 Å². The third-order valence-electron chi connectivity index (χ3n) is 6.66. The van der Waals surface area contributed by atoms with Crippen LogP contribution in [-0.2, 0) is 0 Å². The summed E-state index contributed by atoms with van der Waals surface area (Å²) in [6.45, 7) is 5.13. The van der Waals surface area contributed by atoms with Crippen molar-refractivity contribution < 1.29 is 23.4 Å². The zero-order chi connectivity index (χ0) is 27.7. The number of alkyl halides is 1. The van der Waals surface area contributed by atoms with Gasteiger partial charge < -0.3 is 14.2 Å². The summed E-state index contributed by atoms with van der Waals surface area (Å²) in [6, 6.07) is 22.0. The zero-order valence-electron chi connectivity index (χ0n) is 23.5. The summed E-state index contributed by atoms with van der Waals surface area (Å²) in [5, 5.41) is 0. The first-order valence-corrected chi connectivity index (χ1v) is 14.5. The summed E-state index contributed by atoms with van der Waals surface area (Å²) in [6.07, 6.45) is 9.87. The number of ether oxygens (including phenoxy) is 3. The number of halogens is 1. The lowest BCUT2D eigenvalue weighted by Gasteiger charge is -2.11. The summed E-state index contributed by atoms with van der Waals surface area (Å²) in [5.74, 6) is 1.48. The Morgan fingerprint density at radius 2 is 1.15 bits per heavy atom. The smallest absolute Gasteiger partial charge is 0.343 e. The van der Waals surface area contributed by atoms with Crippen LogP contribution in [0.25, 0.3) is 11.1 Å². The van der Waals surface area contributed by atoms with Crippen LogP contribution < -0.4 is 14.2 Å². The second-order valence-corrected chi connectivity index (χ2v) is 9.98. The largest absolute Gasteiger partial charge is 0.494 e. The maximum atomic E-state index is 14.2. The third-order valence-corrected chi connectivity index (χ3v) is 6.66. The van der Waals surface area contributed by atoms with E-state index in [1.54, 1.807) is 24.3 Å². The average Bonchev–Trinajstić information content (AvgIpc) is 2.97. The standard InChI is InChI=1S/C34H43FO4/c1-3-5-7-8-9-10-12-30(35)26-38-32-19-17-28(18-20-32)27-13-15-29(16-14-27)34(36)39-33-23-21-31(22-24-33)37-25-11-6-4-2/h13-24,30H,3-12,25-26H2,1-2H3. The van der Waals surface area contributed by atoms with Crippen molar-refractivity contribution in [2.75, 3.05) is 13.2 Å². The van der Waals surface area contributed by atoms with Crippen molar-refractivity contribution in [3.63, 3.8) is 0 Å². The van der Waals surface area contributed by atoms with Gasteiger partial charge in [0.05, 0.1) is 12.2 Å². The molecule has 0 bridgehead atoms. The second kappa shape index (κ2) is 17.3. The van der Waals surface area contributed by atoms with Gasteiger partial charge in [0.25, 0.3) is 0 Å². The van der Waals surface area contributed by atoms with Crippen LogP contribution in [0.4, 0.5) is 4.39 Å². The molecule has 210 valence electrons. The number of unbranched alkanes of at least 4 members (excludes halogenated alkanes) is 7. The number of benzene rings is 3. The molecule has 0 saturated carbocycles. The second-order valence-electron chi connectivity index (χ2n) is 9.98. The zero-order valence-corrected chi connectivity index (χ0v) is 23.5. The van der Waals surface area contributed by atoms with Gasteiger partial charge in [0.2, 0.25) is 0 Å². The number of hydrogen-bond acceptors (Lipinski definition) is 4. The van der Waals surface area contributed by atoms with Crippen molar-refractivity contribution >= 4 is 5.97 Å². The molecule has 0 spiro atoms. The lowest BCUT2D eigenvalue weighted by molar-refractivity contribution is 0.0734. The van der Waals surface area contributed by atoms with E-state index in [1.165, 1.54) is 25.7 Å². The lowest BCUT2D eigenvalue weighted by Crippen LogP contribution is -2.12. The first-order valence-electron chi connectivity index (χ1n) is 14.5. The SMILES string of the molecule is CCCCCCCCC(F)COc1ccc(-c2ccc(C(=O)Oc3ccc(OCCCCC)cc3)cc2)cc1. The molecule has 1 unspecified atom stereocenters. The summed E-state index contributed by atoms with van der Waals surface area (Å²) < 4.78 is 31.0. The van der Waals surface area contributed by atoms with Gasteiger partial charge in [-0.1, -0.05) is 89.5 Å². The van der Waals surface area contributed by atoms with Crippen LogP contribution in [0.2, 0.25) is 0 Å². The quantitative estimate of drug-likeness (QED) is 0.0926. The maximum Gasteiger partial charge on any atom is 0.343 e. The molecule has 5 heteroatoms. The van der Waals surface area contributed by atoms with Crippen LogP contribution >= 0.6 is 0 Å². The molecule has 0 heterocycles. The lowest BCUT2D eigenvalue weighted by atomic mass is 10.0. The third kappa shape index (κ3) is 11.1. The Hall–Kier alpha value is -3.34. The number of carbonyl (C=O) groups is 1. The molecule has 0 N–H and O–H groups in total. The molecule has 0 aromatic heterocycles. The van der Waals surface area contributed by atoms with Gasteiger partial charge in [0.15, 0.2) is 0 Å². The molecular weight excluding hydrogens is 491 g/mol. The van der Waals surface area contributed by atoms with E-state index < -0.39 is 12.1 Å². The van der Waals surface area contributed by atoms with E-state index in [-0.39, 0.29) is 6.61 Å². The fourth-order valence-corrected chi connectivity index (χ4v) is 4.27. The number of esters is 1. The fraction of sp³-hybridized carbons (Fsp3) is 0.441. The molecular formula is C34H43FO4. The van der Waals surface area contributed by atoms with E-state index in [0.29, 0.717) is 30.1 Å². The summed E-state index contributed by atoms with van der Waals surface area (Å²) in [4.78, 5) is 12.6. The van der Waals surface area contributed by atoms with Gasteiger partial charge >= 0.3 is 5.97 Å². The van der Waals surface area contributed by atoms with E-state index >= 15 is 0 Å². The molecule has 0 amide bonds. The molecule has 0 fully saturated rings. The van der Waals surface area contributed by atoms with E-state index in [0.717, 1.165) is 49.0 Å². The number of hydrogen-bond donors (Lipinski definition) is 0.